The molecule has 24 heavy (non-hydrogen) atoms. The van der Waals surface area contributed by atoms with Gasteiger partial charge < -0.3 is 9.64 Å². The third kappa shape index (κ3) is 6.17. The van der Waals surface area contributed by atoms with Crippen LogP contribution in [0.2, 0.25) is 0 Å². The molecule has 1 aliphatic heterocycles. The molecule has 0 bridgehead atoms. The van der Waals surface area contributed by atoms with Gasteiger partial charge in [-0.15, -0.1) is 0 Å². The average molecular weight is 334 g/mol. The van der Waals surface area contributed by atoms with E-state index in [2.05, 4.69) is 4.90 Å². The van der Waals surface area contributed by atoms with Gasteiger partial charge in [-0.3, -0.25) is 14.5 Å². The van der Waals surface area contributed by atoms with Gasteiger partial charge in [0.2, 0.25) is 0 Å². The molecular weight excluding hydrogens is 308 g/mol. The lowest BCUT2D eigenvalue weighted by Gasteiger charge is -2.36. The molecule has 0 aliphatic carbocycles. The van der Waals surface area contributed by atoms with Gasteiger partial charge >= 0.3 is 5.97 Å². The number of carbonyl (C=O) groups is 2. The maximum atomic E-state index is 12.3. The van der Waals surface area contributed by atoms with E-state index >= 15 is 0 Å². The first-order valence-electron chi connectivity index (χ1n) is 8.45. The lowest BCUT2D eigenvalue weighted by Crippen LogP contribution is -2.49. The fourth-order valence-corrected chi connectivity index (χ4v) is 2.88. The SMILES string of the molecule is CC(C)N1CCCCC1C(=O)OCC(=O)N(CCC#N)CCC#N. The Morgan fingerprint density at radius 3 is 2.38 bits per heavy atom. The molecule has 1 heterocycles. The van der Waals surface area contributed by atoms with Crippen LogP contribution in [0.15, 0.2) is 0 Å². The van der Waals surface area contributed by atoms with Crippen molar-refractivity contribution in [3.63, 3.8) is 0 Å². The highest BCUT2D eigenvalue weighted by Gasteiger charge is 2.32. The zero-order valence-corrected chi connectivity index (χ0v) is 14.5. The van der Waals surface area contributed by atoms with Crippen molar-refractivity contribution in [1.29, 1.82) is 10.5 Å². The summed E-state index contributed by atoms with van der Waals surface area (Å²) in [4.78, 5) is 28.0. The van der Waals surface area contributed by atoms with Crippen molar-refractivity contribution >= 4 is 11.9 Å². The summed E-state index contributed by atoms with van der Waals surface area (Å²) in [7, 11) is 0. The number of hydrogen-bond donors (Lipinski definition) is 0. The molecule has 7 nitrogen and oxygen atoms in total. The van der Waals surface area contributed by atoms with Crippen LogP contribution >= 0.6 is 0 Å². The molecule has 1 atom stereocenters. The van der Waals surface area contributed by atoms with Crippen LogP contribution in [0.5, 0.6) is 0 Å². The first-order valence-corrected chi connectivity index (χ1v) is 8.45. The van der Waals surface area contributed by atoms with Crippen LogP contribution in [0.25, 0.3) is 0 Å². The second-order valence-electron chi connectivity index (χ2n) is 6.15. The first kappa shape index (κ1) is 19.9. The topological polar surface area (TPSA) is 97.4 Å². The Labute approximate surface area is 143 Å². The number of esters is 1. The fraction of sp³-hybridized carbons (Fsp3) is 0.765. The zero-order valence-electron chi connectivity index (χ0n) is 14.5. The van der Waals surface area contributed by atoms with E-state index in [1.54, 1.807) is 0 Å². The normalized spacial score (nSPS) is 17.8. The lowest BCUT2D eigenvalue weighted by molar-refractivity contribution is -0.158. The molecule has 1 unspecified atom stereocenters. The number of carbonyl (C=O) groups excluding carboxylic acids is 2. The van der Waals surface area contributed by atoms with Crippen molar-refractivity contribution in [2.45, 2.75) is 58.0 Å². The third-order valence-electron chi connectivity index (χ3n) is 4.16. The lowest BCUT2D eigenvalue weighted by atomic mass is 10.0. The number of piperidine rings is 1. The largest absolute Gasteiger partial charge is 0.454 e. The predicted octanol–water partition coefficient (Wildman–Crippen LogP) is 1.45. The van der Waals surface area contributed by atoms with Gasteiger partial charge in [-0.25, -0.2) is 0 Å². The standard InChI is InChI=1S/C17H26N4O3/c1-14(2)21-12-4-3-7-15(21)17(23)24-13-16(22)20(10-5-8-18)11-6-9-19/h14-15H,3-7,10-13H2,1-2H3. The van der Waals surface area contributed by atoms with Crippen LogP contribution in [0, 0.1) is 22.7 Å². The van der Waals surface area contributed by atoms with Crippen molar-refractivity contribution in [3.05, 3.63) is 0 Å². The number of hydrogen-bond acceptors (Lipinski definition) is 6. The minimum Gasteiger partial charge on any atom is -0.454 e. The van der Waals surface area contributed by atoms with E-state index in [4.69, 9.17) is 15.3 Å². The van der Waals surface area contributed by atoms with E-state index < -0.39 is 0 Å². The first-order chi connectivity index (χ1) is 11.5. The number of ether oxygens (including phenoxy) is 1. The monoisotopic (exact) mass is 334 g/mol. The number of amides is 1. The molecule has 1 aliphatic rings. The highest BCUT2D eigenvalue weighted by Crippen LogP contribution is 2.20. The minimum atomic E-state index is -0.364. The quantitative estimate of drug-likeness (QED) is 0.623. The van der Waals surface area contributed by atoms with Crippen molar-refractivity contribution in [3.8, 4) is 12.1 Å². The van der Waals surface area contributed by atoms with Gasteiger partial charge in [-0.2, -0.15) is 10.5 Å². The Morgan fingerprint density at radius 2 is 1.83 bits per heavy atom. The summed E-state index contributed by atoms with van der Waals surface area (Å²) in [5.74, 6) is -0.724. The summed E-state index contributed by atoms with van der Waals surface area (Å²) < 4.78 is 5.23. The number of nitriles is 2. The average Bonchev–Trinajstić information content (AvgIpc) is 2.59. The maximum absolute atomic E-state index is 12.3. The number of nitrogens with zero attached hydrogens (tertiary/aromatic N) is 4. The van der Waals surface area contributed by atoms with Gasteiger partial charge in [0.05, 0.1) is 25.0 Å². The Morgan fingerprint density at radius 1 is 1.21 bits per heavy atom. The number of likely N-dealkylation sites (tertiary alicyclic amines) is 1. The van der Waals surface area contributed by atoms with Gasteiger partial charge in [-0.1, -0.05) is 6.42 Å². The Kier molecular flexibility index (Phi) is 8.81. The molecule has 0 aromatic heterocycles. The van der Waals surface area contributed by atoms with E-state index in [1.165, 1.54) is 4.90 Å². The van der Waals surface area contributed by atoms with Crippen LogP contribution in [-0.4, -0.2) is 60.0 Å². The molecule has 0 radical (unpaired) electrons. The Bertz CT molecular complexity index is 489. The molecule has 7 heteroatoms. The molecule has 0 spiro atoms. The molecular formula is C17H26N4O3. The van der Waals surface area contributed by atoms with Crippen LogP contribution in [-0.2, 0) is 14.3 Å². The molecule has 0 aromatic carbocycles. The van der Waals surface area contributed by atoms with E-state index in [0.717, 1.165) is 25.8 Å². The van der Waals surface area contributed by atoms with Gasteiger partial charge in [0, 0.05) is 19.1 Å². The predicted molar refractivity (Wildman–Crippen MR) is 87.5 cm³/mol. The second-order valence-corrected chi connectivity index (χ2v) is 6.15. The summed E-state index contributed by atoms with van der Waals surface area (Å²) in [5, 5.41) is 17.3. The summed E-state index contributed by atoms with van der Waals surface area (Å²) in [6.45, 7) is 5.11. The van der Waals surface area contributed by atoms with Gasteiger partial charge in [-0.05, 0) is 33.2 Å². The maximum Gasteiger partial charge on any atom is 0.323 e. The van der Waals surface area contributed by atoms with Crippen LogP contribution < -0.4 is 0 Å². The van der Waals surface area contributed by atoms with Gasteiger partial charge in [0.25, 0.3) is 5.91 Å². The highest BCUT2D eigenvalue weighted by molar-refractivity contribution is 5.82. The van der Waals surface area contributed by atoms with Gasteiger partial charge in [0.1, 0.15) is 6.04 Å². The van der Waals surface area contributed by atoms with E-state index in [-0.39, 0.29) is 56.5 Å². The summed E-state index contributed by atoms with van der Waals surface area (Å²) in [6.07, 6.45) is 3.17. The van der Waals surface area contributed by atoms with Crippen molar-refractivity contribution in [1.82, 2.24) is 9.80 Å². The molecule has 0 aromatic rings. The van der Waals surface area contributed by atoms with E-state index in [9.17, 15) is 9.59 Å². The van der Waals surface area contributed by atoms with Crippen LogP contribution in [0.4, 0.5) is 0 Å². The Balaban J connectivity index is 2.55. The smallest absolute Gasteiger partial charge is 0.323 e. The Hall–Kier alpha value is -2.12. The summed E-state index contributed by atoms with van der Waals surface area (Å²) in [6, 6.07) is 3.90. The number of rotatable bonds is 8. The van der Waals surface area contributed by atoms with E-state index in [0.29, 0.717) is 0 Å². The molecule has 1 rings (SSSR count). The van der Waals surface area contributed by atoms with Gasteiger partial charge in [0.15, 0.2) is 6.61 Å². The van der Waals surface area contributed by atoms with Crippen LogP contribution in [0.1, 0.15) is 46.0 Å². The molecule has 0 saturated carbocycles. The highest BCUT2D eigenvalue weighted by atomic mass is 16.5. The second kappa shape index (κ2) is 10.6. The third-order valence-corrected chi connectivity index (χ3v) is 4.16. The molecule has 1 fully saturated rings. The van der Waals surface area contributed by atoms with E-state index in [1.807, 2.05) is 26.0 Å². The van der Waals surface area contributed by atoms with Crippen molar-refractivity contribution < 1.29 is 14.3 Å². The summed E-state index contributed by atoms with van der Waals surface area (Å²) >= 11 is 0. The molecule has 132 valence electrons. The molecule has 0 N–H and O–H groups in total. The zero-order chi connectivity index (χ0) is 17.9. The minimum absolute atomic E-state index is 0.189. The van der Waals surface area contributed by atoms with Crippen molar-refractivity contribution in [2.24, 2.45) is 0 Å². The molecule has 1 saturated heterocycles. The summed E-state index contributed by atoms with van der Waals surface area (Å²) in [5.41, 5.74) is 0. The van der Waals surface area contributed by atoms with Crippen molar-refractivity contribution in [2.75, 3.05) is 26.2 Å². The molecule has 1 amide bonds. The fourth-order valence-electron chi connectivity index (χ4n) is 2.88. The van der Waals surface area contributed by atoms with Crippen LogP contribution in [0.3, 0.4) is 0 Å².